The molecular formula is C14H16O4. The fourth-order valence-corrected chi connectivity index (χ4v) is 2.55. The third kappa shape index (κ3) is 1.61. The molecule has 1 aliphatic carbocycles. The average Bonchev–Trinajstić information content (AvgIpc) is 2.45. The van der Waals surface area contributed by atoms with Gasteiger partial charge in [-0.3, -0.25) is 5.26 Å². The van der Waals surface area contributed by atoms with Crippen molar-refractivity contribution in [3.05, 3.63) is 47.5 Å². The minimum atomic E-state index is -0.855. The monoisotopic (exact) mass is 248 g/mol. The second-order valence-electron chi connectivity index (χ2n) is 4.80. The summed E-state index contributed by atoms with van der Waals surface area (Å²) in [6, 6.07) is 7.70. The number of rotatable bonds is 1. The number of fused-ring (bicyclic) bond motifs is 2. The van der Waals surface area contributed by atoms with E-state index in [0.717, 1.165) is 17.5 Å². The molecule has 0 aromatic heterocycles. The lowest BCUT2D eigenvalue weighted by atomic mass is 9.82. The maximum absolute atomic E-state index is 9.15. The Bertz CT molecular complexity index is 476. The molecule has 0 bridgehead atoms. The van der Waals surface area contributed by atoms with Gasteiger partial charge in [0.2, 0.25) is 5.79 Å². The van der Waals surface area contributed by atoms with Gasteiger partial charge in [-0.05, 0) is 31.1 Å². The molecule has 0 saturated carbocycles. The zero-order chi connectivity index (χ0) is 12.6. The molecule has 2 aliphatic rings. The van der Waals surface area contributed by atoms with E-state index < -0.39 is 11.4 Å². The van der Waals surface area contributed by atoms with Crippen LogP contribution in [0.3, 0.4) is 0 Å². The van der Waals surface area contributed by atoms with E-state index in [1.54, 1.807) is 13.0 Å². The van der Waals surface area contributed by atoms with Gasteiger partial charge in [-0.2, -0.15) is 0 Å². The molecule has 4 nitrogen and oxygen atoms in total. The van der Waals surface area contributed by atoms with Gasteiger partial charge in [0.05, 0.1) is 13.2 Å². The largest absolute Gasteiger partial charge is 0.343 e. The molecule has 1 spiro atoms. The van der Waals surface area contributed by atoms with E-state index in [-0.39, 0.29) is 0 Å². The van der Waals surface area contributed by atoms with Crippen LogP contribution in [0.25, 0.3) is 0 Å². The van der Waals surface area contributed by atoms with Crippen LogP contribution in [0.15, 0.2) is 36.4 Å². The molecule has 96 valence electrons. The molecule has 1 heterocycles. The van der Waals surface area contributed by atoms with Crippen LogP contribution in [0.5, 0.6) is 0 Å². The van der Waals surface area contributed by atoms with Gasteiger partial charge in [-0.25, -0.2) is 4.89 Å². The second-order valence-corrected chi connectivity index (χ2v) is 4.80. The zero-order valence-electron chi connectivity index (χ0n) is 10.3. The summed E-state index contributed by atoms with van der Waals surface area (Å²) in [6.07, 6.45) is 4.50. The lowest BCUT2D eigenvalue weighted by molar-refractivity contribution is -0.313. The number of benzene rings is 1. The van der Waals surface area contributed by atoms with Crippen molar-refractivity contribution >= 4 is 0 Å². The smallest absolute Gasteiger partial charge is 0.215 e. The van der Waals surface area contributed by atoms with Crippen molar-refractivity contribution < 1.29 is 19.6 Å². The van der Waals surface area contributed by atoms with Crippen LogP contribution >= 0.6 is 0 Å². The first-order chi connectivity index (χ1) is 8.70. The first-order valence-electron chi connectivity index (χ1n) is 6.11. The Labute approximate surface area is 106 Å². The Morgan fingerprint density at radius 3 is 2.44 bits per heavy atom. The van der Waals surface area contributed by atoms with Gasteiger partial charge in [-0.15, -0.1) is 0 Å². The maximum atomic E-state index is 9.15. The van der Waals surface area contributed by atoms with Crippen LogP contribution in [0.2, 0.25) is 0 Å². The lowest BCUT2D eigenvalue weighted by Gasteiger charge is -2.41. The van der Waals surface area contributed by atoms with E-state index in [4.69, 9.17) is 14.7 Å². The highest BCUT2D eigenvalue weighted by Gasteiger charge is 2.44. The van der Waals surface area contributed by atoms with Crippen LogP contribution in [-0.4, -0.2) is 18.5 Å². The molecule has 3 rings (SSSR count). The molecule has 0 amide bonds. The maximum Gasteiger partial charge on any atom is 0.215 e. The minimum Gasteiger partial charge on any atom is -0.343 e. The van der Waals surface area contributed by atoms with E-state index in [1.807, 2.05) is 30.3 Å². The van der Waals surface area contributed by atoms with Gasteiger partial charge in [0.25, 0.3) is 0 Å². The Morgan fingerprint density at radius 1 is 1.11 bits per heavy atom. The molecule has 1 saturated heterocycles. The normalized spacial score (nSPS) is 29.2. The van der Waals surface area contributed by atoms with E-state index in [9.17, 15) is 0 Å². The Hall–Kier alpha value is -1.20. The molecule has 1 atom stereocenters. The van der Waals surface area contributed by atoms with Crippen LogP contribution in [0, 0.1) is 0 Å². The molecule has 1 unspecified atom stereocenters. The molecule has 4 heteroatoms. The standard InChI is InChI=1S/C14H16O4/c1-13(18-15)7-8-14(16-9-4-10-17-14)12-6-3-2-5-11(12)13/h2-3,5-8,15H,4,9-10H2,1H3. The summed E-state index contributed by atoms with van der Waals surface area (Å²) in [5, 5.41) is 9.15. The lowest BCUT2D eigenvalue weighted by Crippen LogP contribution is -2.42. The van der Waals surface area contributed by atoms with Gasteiger partial charge in [0.1, 0.15) is 5.60 Å². The van der Waals surface area contributed by atoms with Crippen molar-refractivity contribution in [1.29, 1.82) is 0 Å². The summed E-state index contributed by atoms with van der Waals surface area (Å²) in [4.78, 5) is 4.64. The van der Waals surface area contributed by atoms with Gasteiger partial charge in [-0.1, -0.05) is 24.3 Å². The summed E-state index contributed by atoms with van der Waals surface area (Å²) in [6.45, 7) is 3.13. The van der Waals surface area contributed by atoms with E-state index in [2.05, 4.69) is 4.89 Å². The van der Waals surface area contributed by atoms with E-state index in [1.165, 1.54) is 0 Å². The summed E-state index contributed by atoms with van der Waals surface area (Å²) in [7, 11) is 0. The molecule has 0 radical (unpaired) electrons. The average molecular weight is 248 g/mol. The Balaban J connectivity index is 2.14. The molecule has 1 fully saturated rings. The highest BCUT2D eigenvalue weighted by molar-refractivity contribution is 5.44. The van der Waals surface area contributed by atoms with Gasteiger partial charge >= 0.3 is 0 Å². The zero-order valence-corrected chi connectivity index (χ0v) is 10.3. The minimum absolute atomic E-state index is 0.662. The fourth-order valence-electron chi connectivity index (χ4n) is 2.55. The molecule has 1 aromatic carbocycles. The first-order valence-corrected chi connectivity index (χ1v) is 6.11. The molecule has 1 aromatic rings. The topological polar surface area (TPSA) is 47.9 Å². The Kier molecular flexibility index (Phi) is 2.75. The summed E-state index contributed by atoms with van der Waals surface area (Å²) >= 11 is 0. The van der Waals surface area contributed by atoms with Crippen molar-refractivity contribution in [3.8, 4) is 0 Å². The van der Waals surface area contributed by atoms with Crippen LogP contribution in [0.1, 0.15) is 24.5 Å². The predicted molar refractivity (Wildman–Crippen MR) is 64.8 cm³/mol. The van der Waals surface area contributed by atoms with Crippen LogP contribution < -0.4 is 0 Å². The fraction of sp³-hybridized carbons (Fsp3) is 0.429. The quantitative estimate of drug-likeness (QED) is 0.471. The van der Waals surface area contributed by atoms with Crippen molar-refractivity contribution in [1.82, 2.24) is 0 Å². The third-order valence-corrected chi connectivity index (χ3v) is 3.57. The summed E-state index contributed by atoms with van der Waals surface area (Å²) < 4.78 is 11.6. The SMILES string of the molecule is CC1(OO)C=CC2(OCCCO2)c2ccccc21. The van der Waals surface area contributed by atoms with E-state index >= 15 is 0 Å². The predicted octanol–water partition coefficient (Wildman–Crippen LogP) is 2.55. The second kappa shape index (κ2) is 4.17. The molecular weight excluding hydrogens is 232 g/mol. The van der Waals surface area contributed by atoms with Crippen molar-refractivity contribution in [2.45, 2.75) is 24.7 Å². The van der Waals surface area contributed by atoms with Crippen molar-refractivity contribution in [2.75, 3.05) is 13.2 Å². The van der Waals surface area contributed by atoms with Crippen molar-refractivity contribution in [2.24, 2.45) is 0 Å². The summed E-state index contributed by atoms with van der Waals surface area (Å²) in [5.74, 6) is -0.827. The third-order valence-electron chi connectivity index (χ3n) is 3.57. The highest BCUT2D eigenvalue weighted by atomic mass is 17.1. The highest BCUT2D eigenvalue weighted by Crippen LogP contribution is 2.44. The molecule has 18 heavy (non-hydrogen) atoms. The van der Waals surface area contributed by atoms with Crippen LogP contribution in [0.4, 0.5) is 0 Å². The number of ether oxygens (including phenoxy) is 2. The van der Waals surface area contributed by atoms with Crippen LogP contribution in [-0.2, 0) is 25.7 Å². The summed E-state index contributed by atoms with van der Waals surface area (Å²) in [5.41, 5.74) is 0.895. The van der Waals surface area contributed by atoms with Gasteiger partial charge < -0.3 is 9.47 Å². The Morgan fingerprint density at radius 2 is 1.78 bits per heavy atom. The van der Waals surface area contributed by atoms with Gasteiger partial charge in [0, 0.05) is 5.56 Å². The number of hydrogen-bond donors (Lipinski definition) is 1. The number of hydrogen-bond acceptors (Lipinski definition) is 4. The molecule has 1 N–H and O–H groups in total. The first kappa shape index (κ1) is 11.9. The molecule has 1 aliphatic heterocycles. The van der Waals surface area contributed by atoms with Gasteiger partial charge in [0.15, 0.2) is 0 Å². The van der Waals surface area contributed by atoms with Crippen molar-refractivity contribution in [3.63, 3.8) is 0 Å². The van der Waals surface area contributed by atoms with E-state index in [0.29, 0.717) is 13.2 Å².